The predicted octanol–water partition coefficient (Wildman–Crippen LogP) is 2.95. The van der Waals surface area contributed by atoms with Crippen LogP contribution in [0, 0.1) is 0 Å². The van der Waals surface area contributed by atoms with Crippen molar-refractivity contribution in [2.75, 3.05) is 44.8 Å². The van der Waals surface area contributed by atoms with Crippen molar-refractivity contribution in [1.29, 1.82) is 0 Å². The van der Waals surface area contributed by atoms with Crippen LogP contribution in [0.5, 0.6) is 0 Å². The molecular formula is C23H32N4O2. The average Bonchev–Trinajstić information content (AvgIpc) is 3.16. The van der Waals surface area contributed by atoms with Gasteiger partial charge in [0.1, 0.15) is 5.69 Å². The number of hydrogen-bond donors (Lipinski definition) is 1. The number of ether oxygens (including phenoxy) is 1. The molecule has 3 heterocycles. The van der Waals surface area contributed by atoms with Crippen LogP contribution in [0.2, 0.25) is 0 Å². The highest BCUT2D eigenvalue weighted by atomic mass is 16.5. The van der Waals surface area contributed by atoms with Crippen molar-refractivity contribution in [2.45, 2.75) is 31.8 Å². The maximum atomic E-state index is 12.1. The van der Waals surface area contributed by atoms with E-state index in [1.165, 1.54) is 29.8 Å². The Morgan fingerprint density at radius 3 is 2.55 bits per heavy atom. The van der Waals surface area contributed by atoms with E-state index >= 15 is 0 Å². The number of amides is 1. The van der Waals surface area contributed by atoms with E-state index in [0.29, 0.717) is 6.04 Å². The van der Waals surface area contributed by atoms with Gasteiger partial charge in [-0.1, -0.05) is 18.6 Å². The van der Waals surface area contributed by atoms with Crippen molar-refractivity contribution in [1.82, 2.24) is 14.8 Å². The van der Waals surface area contributed by atoms with Gasteiger partial charge < -0.3 is 19.5 Å². The molecule has 156 valence electrons. The van der Waals surface area contributed by atoms with Crippen molar-refractivity contribution in [3.8, 4) is 0 Å². The van der Waals surface area contributed by atoms with E-state index in [4.69, 9.17) is 4.74 Å². The molecule has 29 heavy (non-hydrogen) atoms. The highest BCUT2D eigenvalue weighted by molar-refractivity contribution is 5.92. The van der Waals surface area contributed by atoms with Gasteiger partial charge in [-0.3, -0.25) is 9.69 Å². The van der Waals surface area contributed by atoms with Gasteiger partial charge >= 0.3 is 0 Å². The van der Waals surface area contributed by atoms with E-state index in [9.17, 15) is 4.79 Å². The van der Waals surface area contributed by atoms with Crippen LogP contribution in [0.25, 0.3) is 0 Å². The zero-order valence-electron chi connectivity index (χ0n) is 17.6. The van der Waals surface area contributed by atoms with Crippen LogP contribution in [-0.2, 0) is 18.3 Å². The molecule has 1 aromatic heterocycles. The molecular weight excluding hydrogens is 364 g/mol. The fourth-order valence-corrected chi connectivity index (χ4v) is 4.60. The van der Waals surface area contributed by atoms with E-state index in [1.54, 1.807) is 7.05 Å². The second-order valence-corrected chi connectivity index (χ2v) is 8.03. The molecule has 0 spiro atoms. The average molecular weight is 397 g/mol. The van der Waals surface area contributed by atoms with Gasteiger partial charge in [0, 0.05) is 45.1 Å². The summed E-state index contributed by atoms with van der Waals surface area (Å²) in [6, 6.07) is 13.4. The van der Waals surface area contributed by atoms with Crippen molar-refractivity contribution in [2.24, 2.45) is 7.05 Å². The zero-order valence-corrected chi connectivity index (χ0v) is 17.6. The lowest BCUT2D eigenvalue weighted by Gasteiger charge is -2.36. The number of morpholine rings is 1. The minimum absolute atomic E-state index is 0.0280. The number of piperidine rings is 1. The Kier molecular flexibility index (Phi) is 6.21. The van der Waals surface area contributed by atoms with E-state index in [1.807, 2.05) is 13.1 Å². The summed E-state index contributed by atoms with van der Waals surface area (Å²) in [5.41, 5.74) is 4.58. The minimum Gasteiger partial charge on any atom is -0.378 e. The standard InChI is InChI=1S/C23H32N4O2/c1-24-23(28)22-11-10-20(25(22)2)21-5-3-4-12-27(21)17-18-6-8-19(9-7-18)26-13-15-29-16-14-26/h6-11,21H,3-5,12-17H2,1-2H3,(H,24,28)/t21-/m1/s1. The maximum Gasteiger partial charge on any atom is 0.267 e. The topological polar surface area (TPSA) is 49.7 Å². The zero-order chi connectivity index (χ0) is 20.2. The van der Waals surface area contributed by atoms with Gasteiger partial charge in [0.15, 0.2) is 0 Å². The van der Waals surface area contributed by atoms with E-state index in [-0.39, 0.29) is 5.91 Å². The van der Waals surface area contributed by atoms with Crippen LogP contribution in [0.3, 0.4) is 0 Å². The number of nitrogens with one attached hydrogen (secondary N) is 1. The Morgan fingerprint density at radius 2 is 1.83 bits per heavy atom. The molecule has 0 unspecified atom stereocenters. The number of likely N-dealkylation sites (tertiary alicyclic amines) is 1. The number of aromatic nitrogens is 1. The summed E-state index contributed by atoms with van der Waals surface area (Å²) < 4.78 is 7.52. The summed E-state index contributed by atoms with van der Waals surface area (Å²) in [4.78, 5) is 17.1. The molecule has 1 atom stereocenters. The quantitative estimate of drug-likeness (QED) is 0.844. The van der Waals surface area contributed by atoms with Gasteiger partial charge in [0.25, 0.3) is 5.91 Å². The SMILES string of the molecule is CNC(=O)c1ccc([C@H]2CCCCN2Cc2ccc(N3CCOCC3)cc2)n1C. The molecule has 2 aliphatic heterocycles. The van der Waals surface area contributed by atoms with Gasteiger partial charge in [-0.15, -0.1) is 0 Å². The van der Waals surface area contributed by atoms with Crippen LogP contribution in [0.1, 0.15) is 47.1 Å². The monoisotopic (exact) mass is 396 g/mol. The Labute approximate surface area is 173 Å². The normalized spacial score (nSPS) is 20.6. The minimum atomic E-state index is -0.0280. The smallest absolute Gasteiger partial charge is 0.267 e. The first kappa shape index (κ1) is 20.0. The van der Waals surface area contributed by atoms with Gasteiger partial charge in [-0.2, -0.15) is 0 Å². The number of rotatable bonds is 5. The lowest BCUT2D eigenvalue weighted by molar-refractivity contribution is 0.0952. The summed E-state index contributed by atoms with van der Waals surface area (Å²) in [6.07, 6.45) is 3.60. The molecule has 2 aromatic rings. The number of carbonyl (C=O) groups is 1. The van der Waals surface area contributed by atoms with Crippen molar-refractivity contribution >= 4 is 11.6 Å². The third-order valence-corrected chi connectivity index (χ3v) is 6.27. The second-order valence-electron chi connectivity index (χ2n) is 8.03. The Hall–Kier alpha value is -2.31. The molecule has 2 saturated heterocycles. The third-order valence-electron chi connectivity index (χ3n) is 6.27. The van der Waals surface area contributed by atoms with E-state index < -0.39 is 0 Å². The number of anilines is 1. The summed E-state index contributed by atoms with van der Waals surface area (Å²) in [6.45, 7) is 5.59. The molecule has 1 aromatic carbocycles. The van der Waals surface area contributed by atoms with E-state index in [0.717, 1.165) is 51.5 Å². The van der Waals surface area contributed by atoms with Crippen molar-refractivity contribution in [3.63, 3.8) is 0 Å². The predicted molar refractivity (Wildman–Crippen MR) is 115 cm³/mol. The van der Waals surface area contributed by atoms with Gasteiger partial charge in [0.2, 0.25) is 0 Å². The van der Waals surface area contributed by atoms with Crippen LogP contribution >= 0.6 is 0 Å². The summed E-state index contributed by atoms with van der Waals surface area (Å²) >= 11 is 0. The van der Waals surface area contributed by atoms with Gasteiger partial charge in [-0.05, 0) is 49.2 Å². The molecule has 2 aliphatic rings. The fraction of sp³-hybridized carbons (Fsp3) is 0.522. The first-order chi connectivity index (χ1) is 14.2. The van der Waals surface area contributed by atoms with Crippen LogP contribution in [-0.4, -0.2) is 55.3 Å². The third kappa shape index (κ3) is 4.33. The summed E-state index contributed by atoms with van der Waals surface area (Å²) in [7, 11) is 3.69. The molecule has 2 fully saturated rings. The molecule has 6 heteroatoms. The summed E-state index contributed by atoms with van der Waals surface area (Å²) in [5, 5.41) is 2.74. The van der Waals surface area contributed by atoms with Crippen molar-refractivity contribution in [3.05, 3.63) is 53.3 Å². The first-order valence-corrected chi connectivity index (χ1v) is 10.7. The first-order valence-electron chi connectivity index (χ1n) is 10.7. The van der Waals surface area contributed by atoms with E-state index in [2.05, 4.69) is 50.0 Å². The lowest BCUT2D eigenvalue weighted by atomic mass is 9.98. The largest absolute Gasteiger partial charge is 0.378 e. The van der Waals surface area contributed by atoms with Crippen LogP contribution in [0.4, 0.5) is 5.69 Å². The molecule has 0 aliphatic carbocycles. The Balaban J connectivity index is 1.48. The maximum absolute atomic E-state index is 12.1. The van der Waals surface area contributed by atoms with Gasteiger partial charge in [-0.25, -0.2) is 0 Å². The molecule has 1 N–H and O–H groups in total. The fourth-order valence-electron chi connectivity index (χ4n) is 4.60. The molecule has 6 nitrogen and oxygen atoms in total. The second kappa shape index (κ2) is 9.01. The van der Waals surface area contributed by atoms with Crippen molar-refractivity contribution < 1.29 is 9.53 Å². The molecule has 4 rings (SSSR count). The summed E-state index contributed by atoms with van der Waals surface area (Å²) in [5.74, 6) is -0.0280. The molecule has 0 bridgehead atoms. The highest BCUT2D eigenvalue weighted by Crippen LogP contribution is 2.33. The molecule has 0 radical (unpaired) electrons. The van der Waals surface area contributed by atoms with Crippen LogP contribution < -0.4 is 10.2 Å². The highest BCUT2D eigenvalue weighted by Gasteiger charge is 2.27. The Morgan fingerprint density at radius 1 is 1.07 bits per heavy atom. The molecule has 1 amide bonds. The Bertz CT molecular complexity index is 824. The lowest BCUT2D eigenvalue weighted by Crippen LogP contribution is -2.36. The number of hydrogen-bond acceptors (Lipinski definition) is 4. The molecule has 0 saturated carbocycles. The number of benzene rings is 1. The number of carbonyl (C=O) groups excluding carboxylic acids is 1. The van der Waals surface area contributed by atoms with Gasteiger partial charge in [0.05, 0.1) is 19.3 Å². The number of nitrogens with zero attached hydrogens (tertiary/aromatic N) is 3. The van der Waals surface area contributed by atoms with Crippen LogP contribution in [0.15, 0.2) is 36.4 Å².